The maximum absolute atomic E-state index is 13.3. The van der Waals surface area contributed by atoms with E-state index in [0.29, 0.717) is 18.8 Å². The average Bonchev–Trinajstić information content (AvgIpc) is 3.26. The average molecular weight is 420 g/mol. The molecule has 3 rings (SSSR count). The molecule has 0 radical (unpaired) electrons. The first-order valence-electron chi connectivity index (χ1n) is 10.4. The second kappa shape index (κ2) is 10.5. The van der Waals surface area contributed by atoms with Gasteiger partial charge >= 0.3 is 6.03 Å². The van der Waals surface area contributed by atoms with E-state index < -0.39 is 0 Å². The van der Waals surface area contributed by atoms with Crippen LogP contribution in [0.15, 0.2) is 77.4 Å². The number of anilines is 1. The summed E-state index contributed by atoms with van der Waals surface area (Å²) in [6, 6.07) is 20.6. The third kappa shape index (κ3) is 6.22. The lowest BCUT2D eigenvalue weighted by Gasteiger charge is -2.30. The van der Waals surface area contributed by atoms with E-state index in [0.717, 1.165) is 16.8 Å². The number of aryl methyl sites for hydroxylation is 1. The Bertz CT molecular complexity index is 984. The number of carbonyl (C=O) groups excluding carboxylic acids is 2. The van der Waals surface area contributed by atoms with Crippen LogP contribution in [0.5, 0.6) is 0 Å². The van der Waals surface area contributed by atoms with Gasteiger partial charge in [-0.3, -0.25) is 4.79 Å². The summed E-state index contributed by atoms with van der Waals surface area (Å²) in [4.78, 5) is 29.5. The van der Waals surface area contributed by atoms with Crippen LogP contribution < -0.4 is 5.32 Å². The third-order valence-corrected chi connectivity index (χ3v) is 5.07. The second-order valence-electron chi connectivity index (χ2n) is 7.78. The lowest BCUT2D eigenvalue weighted by molar-refractivity contribution is -0.133. The number of furan rings is 1. The second-order valence-corrected chi connectivity index (χ2v) is 7.78. The van der Waals surface area contributed by atoms with E-state index in [1.807, 2.05) is 81.4 Å². The van der Waals surface area contributed by atoms with Crippen LogP contribution in [-0.4, -0.2) is 34.3 Å². The van der Waals surface area contributed by atoms with Crippen LogP contribution in [0, 0.1) is 6.92 Å². The van der Waals surface area contributed by atoms with Crippen LogP contribution in [-0.2, 0) is 17.9 Å². The topological polar surface area (TPSA) is 65.8 Å². The van der Waals surface area contributed by atoms with Crippen molar-refractivity contribution < 1.29 is 14.0 Å². The van der Waals surface area contributed by atoms with Gasteiger partial charge in [-0.2, -0.15) is 0 Å². The molecule has 0 saturated heterocycles. The van der Waals surface area contributed by atoms with Crippen LogP contribution in [0.3, 0.4) is 0 Å². The van der Waals surface area contributed by atoms with Crippen molar-refractivity contribution in [2.75, 3.05) is 11.9 Å². The van der Waals surface area contributed by atoms with Gasteiger partial charge in [0.2, 0.25) is 5.91 Å². The Hall–Kier alpha value is -3.54. The van der Waals surface area contributed by atoms with Gasteiger partial charge in [0.05, 0.1) is 12.8 Å². The summed E-state index contributed by atoms with van der Waals surface area (Å²) in [6.45, 7) is 6.49. The summed E-state index contributed by atoms with van der Waals surface area (Å²) >= 11 is 0. The fourth-order valence-electron chi connectivity index (χ4n) is 3.26. The highest BCUT2D eigenvalue weighted by atomic mass is 16.3. The molecule has 2 aromatic carbocycles. The molecule has 0 aliphatic heterocycles. The van der Waals surface area contributed by atoms with Gasteiger partial charge in [-0.05, 0) is 50.1 Å². The number of amides is 3. The smallest absolute Gasteiger partial charge is 0.322 e. The molecule has 0 aliphatic carbocycles. The number of rotatable bonds is 8. The summed E-state index contributed by atoms with van der Waals surface area (Å²) < 4.78 is 5.46. The van der Waals surface area contributed by atoms with Crippen molar-refractivity contribution >= 4 is 17.6 Å². The van der Waals surface area contributed by atoms with E-state index in [1.54, 1.807) is 22.1 Å². The molecule has 31 heavy (non-hydrogen) atoms. The number of benzene rings is 2. The van der Waals surface area contributed by atoms with Crippen LogP contribution in [0.4, 0.5) is 10.5 Å². The number of nitrogens with zero attached hydrogens (tertiary/aromatic N) is 2. The van der Waals surface area contributed by atoms with Crippen molar-refractivity contribution in [1.82, 2.24) is 9.80 Å². The van der Waals surface area contributed by atoms with Crippen molar-refractivity contribution in [3.8, 4) is 0 Å². The minimum atomic E-state index is -0.296. The van der Waals surface area contributed by atoms with Crippen LogP contribution in [0.2, 0.25) is 0 Å². The Labute approximate surface area is 183 Å². The molecular weight excluding hydrogens is 390 g/mol. The molecular formula is C25H29N3O3. The number of nitrogens with one attached hydrogen (secondary N) is 1. The quantitative estimate of drug-likeness (QED) is 0.555. The maximum atomic E-state index is 13.3. The molecule has 3 aromatic rings. The van der Waals surface area contributed by atoms with Gasteiger partial charge in [-0.25, -0.2) is 4.79 Å². The third-order valence-electron chi connectivity index (χ3n) is 5.07. The van der Waals surface area contributed by atoms with Crippen molar-refractivity contribution in [2.24, 2.45) is 0 Å². The van der Waals surface area contributed by atoms with E-state index in [-0.39, 0.29) is 24.5 Å². The Morgan fingerprint density at radius 2 is 1.65 bits per heavy atom. The van der Waals surface area contributed by atoms with Gasteiger partial charge < -0.3 is 19.5 Å². The lowest BCUT2D eigenvalue weighted by Crippen LogP contribution is -2.47. The Kier molecular flexibility index (Phi) is 7.49. The molecule has 0 spiro atoms. The molecule has 1 N–H and O–H groups in total. The molecule has 0 fully saturated rings. The van der Waals surface area contributed by atoms with Crippen LogP contribution in [0.25, 0.3) is 0 Å². The van der Waals surface area contributed by atoms with Gasteiger partial charge in [-0.1, -0.05) is 48.5 Å². The minimum Gasteiger partial charge on any atom is -0.467 e. The van der Waals surface area contributed by atoms with E-state index in [2.05, 4.69) is 5.32 Å². The standard InChI is InChI=1S/C25H29N3O3/c1-19(2)28(25(30)26-23-14-8-7-10-20(23)3)18-24(29)27(17-22-13-9-15-31-22)16-21-11-5-4-6-12-21/h4-15,19H,16-18H2,1-3H3,(H,26,30). The van der Waals surface area contributed by atoms with Gasteiger partial charge in [0.1, 0.15) is 12.3 Å². The molecule has 162 valence electrons. The first kappa shape index (κ1) is 22.2. The van der Waals surface area contributed by atoms with E-state index in [9.17, 15) is 9.59 Å². The fourth-order valence-corrected chi connectivity index (χ4v) is 3.26. The molecule has 3 amide bonds. The number of hydrogen-bond donors (Lipinski definition) is 1. The van der Waals surface area contributed by atoms with E-state index in [4.69, 9.17) is 4.42 Å². The van der Waals surface area contributed by atoms with Crippen molar-refractivity contribution in [3.05, 3.63) is 89.9 Å². The summed E-state index contributed by atoms with van der Waals surface area (Å²) in [5.74, 6) is 0.554. The van der Waals surface area contributed by atoms with Gasteiger partial charge in [0, 0.05) is 18.3 Å². The highest BCUT2D eigenvalue weighted by molar-refractivity contribution is 5.93. The SMILES string of the molecule is Cc1ccccc1NC(=O)N(CC(=O)N(Cc1ccccc1)Cc1ccco1)C(C)C. The monoisotopic (exact) mass is 419 g/mol. The molecule has 6 heteroatoms. The summed E-state index contributed by atoms with van der Waals surface area (Å²) in [7, 11) is 0. The number of carbonyl (C=O) groups is 2. The highest BCUT2D eigenvalue weighted by Crippen LogP contribution is 2.16. The van der Waals surface area contributed by atoms with Gasteiger partial charge in [0.25, 0.3) is 0 Å². The first-order valence-corrected chi connectivity index (χ1v) is 10.4. The lowest BCUT2D eigenvalue weighted by atomic mass is 10.2. The Balaban J connectivity index is 1.74. The molecule has 1 aromatic heterocycles. The molecule has 0 unspecified atom stereocenters. The van der Waals surface area contributed by atoms with Crippen molar-refractivity contribution in [2.45, 2.75) is 39.9 Å². The fraction of sp³-hybridized carbons (Fsp3) is 0.280. The summed E-state index contributed by atoms with van der Waals surface area (Å²) in [5.41, 5.74) is 2.72. The van der Waals surface area contributed by atoms with Crippen molar-refractivity contribution in [3.63, 3.8) is 0 Å². The molecule has 0 bridgehead atoms. The summed E-state index contributed by atoms with van der Waals surface area (Å²) in [5, 5.41) is 2.93. The minimum absolute atomic E-state index is 0.0249. The van der Waals surface area contributed by atoms with Gasteiger partial charge in [0.15, 0.2) is 0 Å². The maximum Gasteiger partial charge on any atom is 0.322 e. The number of urea groups is 1. The van der Waals surface area contributed by atoms with Gasteiger partial charge in [-0.15, -0.1) is 0 Å². The zero-order valence-corrected chi connectivity index (χ0v) is 18.2. The van der Waals surface area contributed by atoms with Crippen molar-refractivity contribution in [1.29, 1.82) is 0 Å². The molecule has 1 heterocycles. The largest absolute Gasteiger partial charge is 0.467 e. The predicted octanol–water partition coefficient (Wildman–Crippen LogP) is 5.06. The molecule has 0 aliphatic rings. The molecule has 6 nitrogen and oxygen atoms in total. The number of para-hydroxylation sites is 1. The van der Waals surface area contributed by atoms with E-state index in [1.165, 1.54) is 0 Å². The summed E-state index contributed by atoms with van der Waals surface area (Å²) in [6.07, 6.45) is 1.59. The normalized spacial score (nSPS) is 10.7. The number of hydrogen-bond acceptors (Lipinski definition) is 3. The van der Waals surface area contributed by atoms with Crippen LogP contribution >= 0.6 is 0 Å². The predicted molar refractivity (Wildman–Crippen MR) is 121 cm³/mol. The Morgan fingerprint density at radius 3 is 2.29 bits per heavy atom. The van der Waals surface area contributed by atoms with Crippen LogP contribution in [0.1, 0.15) is 30.7 Å². The zero-order chi connectivity index (χ0) is 22.2. The molecule has 0 atom stereocenters. The highest BCUT2D eigenvalue weighted by Gasteiger charge is 2.24. The Morgan fingerprint density at radius 1 is 0.935 bits per heavy atom. The zero-order valence-electron chi connectivity index (χ0n) is 18.2. The van der Waals surface area contributed by atoms with E-state index >= 15 is 0 Å². The molecule has 0 saturated carbocycles. The first-order chi connectivity index (χ1) is 14.9.